The molecule has 2 N–H and O–H groups in total. The van der Waals surface area contributed by atoms with E-state index in [0.29, 0.717) is 17.1 Å². The number of carbonyl (C=O) groups is 3. The van der Waals surface area contributed by atoms with Gasteiger partial charge in [0.1, 0.15) is 12.1 Å². The molecule has 6 nitrogen and oxygen atoms in total. The van der Waals surface area contributed by atoms with Gasteiger partial charge in [0, 0.05) is 11.6 Å². The van der Waals surface area contributed by atoms with Crippen molar-refractivity contribution in [1.82, 2.24) is 15.5 Å². The fourth-order valence-corrected chi connectivity index (χ4v) is 3.64. The number of allylic oxidation sites excluding steroid dienone is 1. The molecule has 144 valence electrons. The van der Waals surface area contributed by atoms with E-state index in [1.807, 2.05) is 0 Å². The van der Waals surface area contributed by atoms with Crippen LogP contribution in [0.1, 0.15) is 44.6 Å². The van der Waals surface area contributed by atoms with Gasteiger partial charge in [0.25, 0.3) is 5.91 Å². The largest absolute Gasteiger partial charge is 0.354 e. The van der Waals surface area contributed by atoms with Crippen LogP contribution in [0.2, 0.25) is 5.02 Å². The van der Waals surface area contributed by atoms with Crippen LogP contribution in [-0.2, 0) is 15.1 Å². The first kappa shape index (κ1) is 19.4. The predicted octanol–water partition coefficient (Wildman–Crippen LogP) is 3.11. The molecular weight excluding hydrogens is 366 g/mol. The zero-order valence-electron chi connectivity index (χ0n) is 15.4. The van der Waals surface area contributed by atoms with Crippen molar-refractivity contribution in [1.29, 1.82) is 0 Å². The number of hydrogen-bond acceptors (Lipinski definition) is 3. The minimum absolute atomic E-state index is 0.285. The van der Waals surface area contributed by atoms with E-state index in [9.17, 15) is 14.4 Å². The number of nitrogens with one attached hydrogen (secondary N) is 2. The normalized spacial score (nSPS) is 22.4. The SMILES string of the molecule is C[C@@]1(c2ccc(Cl)cc2)NC(=O)N(CC(=O)NCCC2=CCCCC2)C1=O. The standard InChI is InChI=1S/C20H24ClN3O3/c1-20(15-7-9-16(21)10-8-15)18(26)24(19(27)23-20)13-17(25)22-12-11-14-5-3-2-4-6-14/h5,7-10H,2-4,6,11-13H2,1H3,(H,22,25)(H,23,27)/t20-/m0/s1. The van der Waals surface area contributed by atoms with Crippen molar-refractivity contribution in [3.8, 4) is 0 Å². The fraction of sp³-hybridized carbons (Fsp3) is 0.450. The number of amides is 4. The topological polar surface area (TPSA) is 78.5 Å². The molecule has 0 saturated carbocycles. The highest BCUT2D eigenvalue weighted by Crippen LogP contribution is 2.29. The fourth-order valence-electron chi connectivity index (χ4n) is 3.51. The second kappa shape index (κ2) is 8.13. The molecule has 0 spiro atoms. The third-order valence-corrected chi connectivity index (χ3v) is 5.40. The lowest BCUT2D eigenvalue weighted by Gasteiger charge is -2.22. The van der Waals surface area contributed by atoms with Gasteiger partial charge in [-0.05, 0) is 56.7 Å². The number of rotatable bonds is 6. The van der Waals surface area contributed by atoms with Crippen molar-refractivity contribution < 1.29 is 14.4 Å². The van der Waals surface area contributed by atoms with E-state index in [4.69, 9.17) is 11.6 Å². The van der Waals surface area contributed by atoms with Crippen LogP contribution >= 0.6 is 11.6 Å². The molecule has 2 aliphatic rings. The van der Waals surface area contributed by atoms with Gasteiger partial charge < -0.3 is 10.6 Å². The molecule has 1 aromatic carbocycles. The van der Waals surface area contributed by atoms with Crippen molar-refractivity contribution in [2.75, 3.05) is 13.1 Å². The third kappa shape index (κ3) is 4.33. The molecule has 7 heteroatoms. The van der Waals surface area contributed by atoms with Gasteiger partial charge in [0.15, 0.2) is 0 Å². The van der Waals surface area contributed by atoms with Gasteiger partial charge in [-0.2, -0.15) is 0 Å². The highest BCUT2D eigenvalue weighted by Gasteiger charge is 2.49. The minimum atomic E-state index is -1.20. The van der Waals surface area contributed by atoms with Crippen LogP contribution in [0, 0.1) is 0 Å². The number of hydrogen-bond donors (Lipinski definition) is 2. The average Bonchev–Trinajstić information content (AvgIpc) is 2.87. The van der Waals surface area contributed by atoms with Crippen LogP contribution < -0.4 is 10.6 Å². The molecule has 1 aliphatic heterocycles. The van der Waals surface area contributed by atoms with Crippen LogP contribution in [0.3, 0.4) is 0 Å². The smallest absolute Gasteiger partial charge is 0.325 e. The summed E-state index contributed by atoms with van der Waals surface area (Å²) in [5.41, 5.74) is 0.791. The van der Waals surface area contributed by atoms with Crippen LogP contribution in [0.5, 0.6) is 0 Å². The summed E-state index contributed by atoms with van der Waals surface area (Å²) < 4.78 is 0. The van der Waals surface area contributed by atoms with E-state index < -0.39 is 17.5 Å². The first-order valence-electron chi connectivity index (χ1n) is 9.25. The number of urea groups is 1. The van der Waals surface area contributed by atoms with E-state index in [2.05, 4.69) is 16.7 Å². The molecule has 0 radical (unpaired) electrons. The summed E-state index contributed by atoms with van der Waals surface area (Å²) in [5.74, 6) is -0.782. The molecule has 1 aliphatic carbocycles. The Morgan fingerprint density at radius 2 is 2.00 bits per heavy atom. The molecular formula is C20H24ClN3O3. The molecule has 1 fully saturated rings. The molecule has 0 aromatic heterocycles. The maximum atomic E-state index is 12.8. The molecule has 0 unspecified atom stereocenters. The predicted molar refractivity (Wildman–Crippen MR) is 103 cm³/mol. The molecule has 27 heavy (non-hydrogen) atoms. The highest BCUT2D eigenvalue weighted by molar-refractivity contribution is 6.30. The number of halogens is 1. The minimum Gasteiger partial charge on any atom is -0.354 e. The monoisotopic (exact) mass is 389 g/mol. The molecule has 1 heterocycles. The second-order valence-corrected chi connectivity index (χ2v) is 7.60. The Morgan fingerprint density at radius 3 is 2.67 bits per heavy atom. The Hall–Kier alpha value is -2.34. The summed E-state index contributed by atoms with van der Waals surface area (Å²) in [5, 5.41) is 6.03. The molecule has 3 rings (SSSR count). The Balaban J connectivity index is 1.57. The van der Waals surface area contributed by atoms with Crippen LogP contribution in [0.25, 0.3) is 0 Å². The lowest BCUT2D eigenvalue weighted by molar-refractivity contribution is -0.134. The van der Waals surface area contributed by atoms with E-state index in [1.165, 1.54) is 18.4 Å². The van der Waals surface area contributed by atoms with Crippen molar-refractivity contribution in [2.24, 2.45) is 0 Å². The van der Waals surface area contributed by atoms with E-state index in [0.717, 1.165) is 24.2 Å². The highest BCUT2D eigenvalue weighted by atomic mass is 35.5. The van der Waals surface area contributed by atoms with Gasteiger partial charge >= 0.3 is 6.03 Å². The van der Waals surface area contributed by atoms with Crippen LogP contribution in [0.15, 0.2) is 35.9 Å². The van der Waals surface area contributed by atoms with Gasteiger partial charge in [0.2, 0.25) is 5.91 Å². The van der Waals surface area contributed by atoms with Gasteiger partial charge in [-0.15, -0.1) is 0 Å². The third-order valence-electron chi connectivity index (χ3n) is 5.15. The Labute approximate surface area is 163 Å². The summed E-state index contributed by atoms with van der Waals surface area (Å²) >= 11 is 5.89. The second-order valence-electron chi connectivity index (χ2n) is 7.16. The van der Waals surface area contributed by atoms with Gasteiger partial charge in [-0.1, -0.05) is 35.4 Å². The van der Waals surface area contributed by atoms with Crippen molar-refractivity contribution >= 4 is 29.4 Å². The first-order chi connectivity index (χ1) is 12.9. The van der Waals surface area contributed by atoms with E-state index >= 15 is 0 Å². The van der Waals surface area contributed by atoms with E-state index in [1.54, 1.807) is 31.2 Å². The van der Waals surface area contributed by atoms with Gasteiger partial charge in [-0.25, -0.2) is 4.79 Å². The lowest BCUT2D eigenvalue weighted by Crippen LogP contribution is -2.43. The lowest BCUT2D eigenvalue weighted by atomic mass is 9.92. The molecule has 4 amide bonds. The zero-order valence-corrected chi connectivity index (χ0v) is 16.1. The maximum Gasteiger partial charge on any atom is 0.325 e. The summed E-state index contributed by atoms with van der Waals surface area (Å²) in [6.07, 6.45) is 7.68. The molecule has 1 atom stereocenters. The molecule has 1 saturated heterocycles. The summed E-state index contributed by atoms with van der Waals surface area (Å²) in [4.78, 5) is 38.2. The molecule has 1 aromatic rings. The summed E-state index contributed by atoms with van der Waals surface area (Å²) in [6, 6.07) is 6.15. The van der Waals surface area contributed by atoms with Crippen molar-refractivity contribution in [3.63, 3.8) is 0 Å². The first-order valence-corrected chi connectivity index (χ1v) is 9.63. The van der Waals surface area contributed by atoms with Crippen LogP contribution in [-0.4, -0.2) is 35.8 Å². The van der Waals surface area contributed by atoms with Gasteiger partial charge in [-0.3, -0.25) is 14.5 Å². The number of carbonyl (C=O) groups excluding carboxylic acids is 3. The van der Waals surface area contributed by atoms with Crippen molar-refractivity contribution in [3.05, 3.63) is 46.5 Å². The molecule has 0 bridgehead atoms. The maximum absolute atomic E-state index is 12.8. The number of benzene rings is 1. The average molecular weight is 390 g/mol. The Bertz CT molecular complexity index is 775. The summed E-state index contributed by atoms with van der Waals surface area (Å²) in [6.45, 7) is 1.86. The number of nitrogens with zero attached hydrogens (tertiary/aromatic N) is 1. The Morgan fingerprint density at radius 1 is 1.26 bits per heavy atom. The van der Waals surface area contributed by atoms with Gasteiger partial charge in [0.05, 0.1) is 0 Å². The Kier molecular flexibility index (Phi) is 5.85. The zero-order chi connectivity index (χ0) is 19.4. The van der Waals surface area contributed by atoms with Crippen molar-refractivity contribution in [2.45, 2.75) is 44.6 Å². The summed E-state index contributed by atoms with van der Waals surface area (Å²) in [7, 11) is 0. The number of imide groups is 1. The van der Waals surface area contributed by atoms with E-state index in [-0.39, 0.29) is 12.5 Å². The quantitative estimate of drug-likeness (QED) is 0.579. The van der Waals surface area contributed by atoms with Crippen LogP contribution in [0.4, 0.5) is 4.79 Å².